The molecule has 1 aliphatic heterocycles. The number of ether oxygens (including phenoxy) is 2. The first-order chi connectivity index (χ1) is 15.3. The minimum atomic E-state index is -3.87. The third-order valence-electron chi connectivity index (χ3n) is 4.86. The van der Waals surface area contributed by atoms with E-state index in [0.29, 0.717) is 29.4 Å². The Bertz CT molecular complexity index is 1060. The number of sulfonamides is 1. The SMILES string of the molecule is COc1ccc(S(=O)(=O)N2CCCOC2CNC(=O)C(=O)NCc2ccccc2Cl)cc1. The lowest BCUT2D eigenvalue weighted by Crippen LogP contribution is -2.53. The highest BCUT2D eigenvalue weighted by molar-refractivity contribution is 7.89. The number of hydrogen-bond donors (Lipinski definition) is 2. The molecule has 1 fully saturated rings. The average Bonchev–Trinajstić information content (AvgIpc) is 2.82. The molecular formula is C21H24ClN3O6S. The van der Waals surface area contributed by atoms with Crippen molar-refractivity contribution in [3.05, 3.63) is 59.1 Å². The van der Waals surface area contributed by atoms with Gasteiger partial charge in [-0.2, -0.15) is 4.31 Å². The first-order valence-electron chi connectivity index (χ1n) is 9.90. The quantitative estimate of drug-likeness (QED) is 0.579. The third-order valence-corrected chi connectivity index (χ3v) is 7.13. The molecular weight excluding hydrogens is 458 g/mol. The van der Waals surface area contributed by atoms with E-state index in [2.05, 4.69) is 10.6 Å². The first-order valence-corrected chi connectivity index (χ1v) is 11.7. The van der Waals surface area contributed by atoms with Crippen LogP contribution in [0.5, 0.6) is 5.75 Å². The van der Waals surface area contributed by atoms with Crippen LogP contribution in [0.3, 0.4) is 0 Å². The van der Waals surface area contributed by atoms with Crippen molar-refractivity contribution in [1.29, 1.82) is 0 Å². The fraction of sp³-hybridized carbons (Fsp3) is 0.333. The van der Waals surface area contributed by atoms with Gasteiger partial charge >= 0.3 is 11.8 Å². The highest BCUT2D eigenvalue weighted by atomic mass is 35.5. The summed E-state index contributed by atoms with van der Waals surface area (Å²) in [6.07, 6.45) is -0.422. The van der Waals surface area contributed by atoms with E-state index in [-0.39, 0.29) is 24.5 Å². The van der Waals surface area contributed by atoms with E-state index in [9.17, 15) is 18.0 Å². The number of hydrogen-bond acceptors (Lipinski definition) is 6. The van der Waals surface area contributed by atoms with Crippen LogP contribution in [0.4, 0.5) is 0 Å². The molecule has 1 heterocycles. The lowest BCUT2D eigenvalue weighted by Gasteiger charge is -2.34. The minimum Gasteiger partial charge on any atom is -0.497 e. The number of amides is 2. The monoisotopic (exact) mass is 481 g/mol. The standard InChI is InChI=1S/C21H24ClN3O6S/c1-30-16-7-9-17(10-8-16)32(28,29)25-11-4-12-31-19(25)14-24-21(27)20(26)23-13-15-5-2-3-6-18(15)22/h2-3,5-10,19H,4,11-14H2,1H3,(H,23,26)(H,24,27). The molecule has 32 heavy (non-hydrogen) atoms. The third kappa shape index (κ3) is 5.77. The van der Waals surface area contributed by atoms with Crippen molar-refractivity contribution in [3.8, 4) is 5.75 Å². The van der Waals surface area contributed by atoms with Crippen LogP contribution in [-0.4, -0.2) is 57.6 Å². The van der Waals surface area contributed by atoms with E-state index in [4.69, 9.17) is 21.1 Å². The molecule has 9 nitrogen and oxygen atoms in total. The molecule has 172 valence electrons. The van der Waals surface area contributed by atoms with Gasteiger partial charge in [0.05, 0.1) is 25.2 Å². The van der Waals surface area contributed by atoms with Gasteiger partial charge < -0.3 is 20.1 Å². The van der Waals surface area contributed by atoms with Gasteiger partial charge in [0, 0.05) is 18.1 Å². The molecule has 3 rings (SSSR count). The van der Waals surface area contributed by atoms with Crippen molar-refractivity contribution in [2.45, 2.75) is 24.1 Å². The largest absolute Gasteiger partial charge is 0.497 e. The maximum absolute atomic E-state index is 13.1. The Kier molecular flexibility index (Phi) is 8.08. The number of carbonyl (C=O) groups excluding carboxylic acids is 2. The van der Waals surface area contributed by atoms with Crippen molar-refractivity contribution in [1.82, 2.24) is 14.9 Å². The van der Waals surface area contributed by atoms with Crippen LogP contribution in [-0.2, 0) is 30.9 Å². The van der Waals surface area contributed by atoms with E-state index in [1.165, 1.54) is 23.5 Å². The van der Waals surface area contributed by atoms with E-state index in [1.54, 1.807) is 36.4 Å². The van der Waals surface area contributed by atoms with Crippen LogP contribution >= 0.6 is 11.6 Å². The first kappa shape index (κ1) is 24.0. The Morgan fingerprint density at radius 2 is 1.81 bits per heavy atom. The van der Waals surface area contributed by atoms with Gasteiger partial charge in [0.15, 0.2) is 0 Å². The van der Waals surface area contributed by atoms with E-state index >= 15 is 0 Å². The smallest absolute Gasteiger partial charge is 0.309 e. The summed E-state index contributed by atoms with van der Waals surface area (Å²) in [5.41, 5.74) is 0.669. The van der Waals surface area contributed by atoms with Gasteiger partial charge in [-0.25, -0.2) is 8.42 Å². The number of halogens is 1. The molecule has 2 aromatic carbocycles. The Morgan fingerprint density at radius 1 is 1.12 bits per heavy atom. The highest BCUT2D eigenvalue weighted by Crippen LogP contribution is 2.24. The number of methoxy groups -OCH3 is 1. The Labute approximate surface area is 191 Å². The molecule has 1 aliphatic rings. The average molecular weight is 482 g/mol. The molecule has 0 aromatic heterocycles. The molecule has 0 saturated carbocycles. The lowest BCUT2D eigenvalue weighted by atomic mass is 10.2. The number of benzene rings is 2. The number of nitrogens with zero attached hydrogens (tertiary/aromatic N) is 1. The molecule has 2 N–H and O–H groups in total. The Hall–Kier alpha value is -2.66. The molecule has 1 unspecified atom stereocenters. The van der Waals surface area contributed by atoms with Crippen LogP contribution in [0.25, 0.3) is 0 Å². The van der Waals surface area contributed by atoms with Crippen LogP contribution in [0.15, 0.2) is 53.4 Å². The summed E-state index contributed by atoms with van der Waals surface area (Å²) in [6.45, 7) is 0.485. The van der Waals surface area contributed by atoms with Gasteiger partial charge in [-0.15, -0.1) is 0 Å². The molecule has 0 spiro atoms. The van der Waals surface area contributed by atoms with Crippen molar-refractivity contribution in [2.24, 2.45) is 0 Å². The summed E-state index contributed by atoms with van der Waals surface area (Å²) in [5, 5.41) is 5.40. The van der Waals surface area contributed by atoms with Crippen LogP contribution in [0, 0.1) is 0 Å². The second-order valence-corrected chi connectivity index (χ2v) is 9.25. The summed E-state index contributed by atoms with van der Waals surface area (Å²) in [6, 6.07) is 12.9. The Balaban J connectivity index is 1.60. The zero-order valence-electron chi connectivity index (χ0n) is 17.4. The lowest BCUT2D eigenvalue weighted by molar-refractivity contribution is -0.140. The summed E-state index contributed by atoms with van der Waals surface area (Å²) < 4.78 is 38.0. The zero-order valence-corrected chi connectivity index (χ0v) is 19.0. The highest BCUT2D eigenvalue weighted by Gasteiger charge is 2.35. The molecule has 2 amide bonds. The number of carbonyl (C=O) groups is 2. The molecule has 11 heteroatoms. The van der Waals surface area contributed by atoms with Crippen LogP contribution in [0.2, 0.25) is 5.02 Å². The topological polar surface area (TPSA) is 114 Å². The molecule has 1 atom stereocenters. The van der Waals surface area contributed by atoms with E-state index in [1.807, 2.05) is 0 Å². The van der Waals surface area contributed by atoms with Gasteiger partial charge in [0.25, 0.3) is 0 Å². The van der Waals surface area contributed by atoms with E-state index < -0.39 is 28.1 Å². The maximum atomic E-state index is 13.1. The van der Waals surface area contributed by atoms with Gasteiger partial charge in [-0.3, -0.25) is 9.59 Å². The second-order valence-electron chi connectivity index (χ2n) is 6.95. The van der Waals surface area contributed by atoms with Gasteiger partial charge in [-0.05, 0) is 42.3 Å². The summed E-state index contributed by atoms with van der Waals surface area (Å²) in [5.74, 6) is -1.22. The van der Waals surface area contributed by atoms with Crippen molar-refractivity contribution >= 4 is 33.4 Å². The fourth-order valence-electron chi connectivity index (χ4n) is 3.14. The van der Waals surface area contributed by atoms with Gasteiger partial charge in [0.1, 0.15) is 12.0 Å². The predicted octanol–water partition coefficient (Wildman–Crippen LogP) is 1.52. The number of rotatable bonds is 7. The van der Waals surface area contributed by atoms with E-state index in [0.717, 1.165) is 0 Å². The summed E-state index contributed by atoms with van der Waals surface area (Å²) in [7, 11) is -2.38. The minimum absolute atomic E-state index is 0.0811. The number of nitrogens with one attached hydrogen (secondary N) is 2. The second kappa shape index (κ2) is 10.8. The molecule has 2 aromatic rings. The van der Waals surface area contributed by atoms with Crippen LogP contribution in [0.1, 0.15) is 12.0 Å². The maximum Gasteiger partial charge on any atom is 0.309 e. The molecule has 0 aliphatic carbocycles. The van der Waals surface area contributed by atoms with Crippen LogP contribution < -0.4 is 15.4 Å². The van der Waals surface area contributed by atoms with Gasteiger partial charge in [-0.1, -0.05) is 29.8 Å². The van der Waals surface area contributed by atoms with Crippen molar-refractivity contribution < 1.29 is 27.5 Å². The molecule has 0 bridgehead atoms. The van der Waals surface area contributed by atoms with Crippen molar-refractivity contribution in [2.75, 3.05) is 26.8 Å². The van der Waals surface area contributed by atoms with Gasteiger partial charge in [0.2, 0.25) is 10.0 Å². The Morgan fingerprint density at radius 3 is 2.50 bits per heavy atom. The molecule has 0 radical (unpaired) electrons. The zero-order chi connectivity index (χ0) is 23.1. The normalized spacial score (nSPS) is 16.9. The molecule has 1 saturated heterocycles. The fourth-order valence-corrected chi connectivity index (χ4v) is 4.91. The summed E-state index contributed by atoms with van der Waals surface area (Å²) in [4.78, 5) is 24.4. The van der Waals surface area contributed by atoms with Crippen molar-refractivity contribution in [3.63, 3.8) is 0 Å². The predicted molar refractivity (Wildman–Crippen MR) is 118 cm³/mol. The summed E-state index contributed by atoms with van der Waals surface area (Å²) >= 11 is 6.04.